The van der Waals surface area contributed by atoms with Gasteiger partial charge in [-0.05, 0) is 42.0 Å². The molecule has 0 saturated carbocycles. The molecule has 6 nitrogen and oxygen atoms in total. The molecule has 2 amide bonds. The predicted octanol–water partition coefficient (Wildman–Crippen LogP) is 3.49. The SMILES string of the molecule is CC(Oc1ccccc1Cl)C(=O)NNC(=O)COc1ccc2ccccc2c1. The molecule has 1 atom stereocenters. The van der Waals surface area contributed by atoms with E-state index in [4.69, 9.17) is 21.1 Å². The summed E-state index contributed by atoms with van der Waals surface area (Å²) < 4.78 is 11.0. The Morgan fingerprint density at radius 2 is 1.68 bits per heavy atom. The topological polar surface area (TPSA) is 76.7 Å². The van der Waals surface area contributed by atoms with E-state index in [9.17, 15) is 9.59 Å². The molecule has 0 spiro atoms. The summed E-state index contributed by atoms with van der Waals surface area (Å²) in [4.78, 5) is 24.0. The number of carbonyl (C=O) groups excluding carboxylic acids is 2. The van der Waals surface area contributed by atoms with Gasteiger partial charge in [-0.2, -0.15) is 0 Å². The Bertz CT molecular complexity index is 993. The molecule has 0 heterocycles. The summed E-state index contributed by atoms with van der Waals surface area (Å²) in [5.74, 6) is -0.0567. The standard InChI is InChI=1S/C21H19ClN2O4/c1-14(28-19-9-5-4-8-18(19)22)21(26)24-23-20(25)13-27-17-11-10-15-6-2-3-7-16(15)12-17/h2-12,14H,13H2,1H3,(H,23,25)(H,24,26). The van der Waals surface area contributed by atoms with Crippen molar-refractivity contribution in [1.82, 2.24) is 10.9 Å². The van der Waals surface area contributed by atoms with Crippen LogP contribution in [0.4, 0.5) is 0 Å². The van der Waals surface area contributed by atoms with Gasteiger partial charge in [0.05, 0.1) is 5.02 Å². The first-order chi connectivity index (χ1) is 13.5. The van der Waals surface area contributed by atoms with Gasteiger partial charge in [0, 0.05) is 0 Å². The van der Waals surface area contributed by atoms with Crippen LogP contribution in [0.2, 0.25) is 5.02 Å². The second kappa shape index (κ2) is 9.10. The second-order valence-electron chi connectivity index (χ2n) is 6.03. The Labute approximate surface area is 167 Å². The Morgan fingerprint density at radius 1 is 0.964 bits per heavy atom. The number of ether oxygens (including phenoxy) is 2. The number of hydrogen-bond acceptors (Lipinski definition) is 4. The van der Waals surface area contributed by atoms with Crippen LogP contribution in [0.15, 0.2) is 66.7 Å². The van der Waals surface area contributed by atoms with Crippen LogP contribution < -0.4 is 20.3 Å². The van der Waals surface area contributed by atoms with Crippen LogP contribution in [0.3, 0.4) is 0 Å². The van der Waals surface area contributed by atoms with Gasteiger partial charge in [-0.15, -0.1) is 0 Å². The molecule has 0 fully saturated rings. The van der Waals surface area contributed by atoms with Gasteiger partial charge in [0.15, 0.2) is 12.7 Å². The maximum atomic E-state index is 12.0. The first-order valence-corrected chi connectivity index (χ1v) is 9.02. The molecule has 3 rings (SSSR count). The molecule has 0 bridgehead atoms. The minimum Gasteiger partial charge on any atom is -0.484 e. The smallest absolute Gasteiger partial charge is 0.279 e. The van der Waals surface area contributed by atoms with Crippen LogP contribution in [0.5, 0.6) is 11.5 Å². The minimum absolute atomic E-state index is 0.238. The molecule has 0 aliphatic rings. The van der Waals surface area contributed by atoms with Crippen LogP contribution in [0.25, 0.3) is 10.8 Å². The van der Waals surface area contributed by atoms with Crippen molar-refractivity contribution in [1.29, 1.82) is 0 Å². The Kier molecular flexibility index (Phi) is 6.34. The molecule has 0 aliphatic carbocycles. The number of para-hydroxylation sites is 1. The quantitative estimate of drug-likeness (QED) is 0.623. The van der Waals surface area contributed by atoms with Crippen molar-refractivity contribution in [3.05, 3.63) is 71.8 Å². The normalized spacial score (nSPS) is 11.5. The van der Waals surface area contributed by atoms with Crippen molar-refractivity contribution in [3.8, 4) is 11.5 Å². The van der Waals surface area contributed by atoms with Gasteiger partial charge in [-0.25, -0.2) is 0 Å². The largest absolute Gasteiger partial charge is 0.484 e. The molecule has 3 aromatic carbocycles. The van der Waals surface area contributed by atoms with Crippen LogP contribution in [0.1, 0.15) is 6.92 Å². The molecule has 144 valence electrons. The number of fused-ring (bicyclic) bond motifs is 1. The molecule has 3 aromatic rings. The Morgan fingerprint density at radius 3 is 2.46 bits per heavy atom. The Hall–Kier alpha value is -3.25. The van der Waals surface area contributed by atoms with Crippen LogP contribution in [-0.2, 0) is 9.59 Å². The predicted molar refractivity (Wildman–Crippen MR) is 107 cm³/mol. The summed E-state index contributed by atoms with van der Waals surface area (Å²) in [6, 6.07) is 20.2. The lowest BCUT2D eigenvalue weighted by molar-refractivity contribution is -0.133. The lowest BCUT2D eigenvalue weighted by Crippen LogP contribution is -2.48. The lowest BCUT2D eigenvalue weighted by atomic mass is 10.1. The van der Waals surface area contributed by atoms with Gasteiger partial charge in [-0.3, -0.25) is 20.4 Å². The highest BCUT2D eigenvalue weighted by Crippen LogP contribution is 2.24. The number of amides is 2. The first-order valence-electron chi connectivity index (χ1n) is 8.64. The fourth-order valence-corrected chi connectivity index (χ4v) is 2.64. The zero-order valence-corrected chi connectivity index (χ0v) is 15.9. The van der Waals surface area contributed by atoms with E-state index in [1.165, 1.54) is 0 Å². The summed E-state index contributed by atoms with van der Waals surface area (Å²) in [5, 5.41) is 2.49. The lowest BCUT2D eigenvalue weighted by Gasteiger charge is -2.16. The average Bonchev–Trinajstić information content (AvgIpc) is 2.71. The molecular weight excluding hydrogens is 380 g/mol. The third-order valence-electron chi connectivity index (χ3n) is 3.93. The molecule has 28 heavy (non-hydrogen) atoms. The van der Waals surface area contributed by atoms with E-state index >= 15 is 0 Å². The maximum absolute atomic E-state index is 12.0. The molecular formula is C21H19ClN2O4. The molecule has 2 N–H and O–H groups in total. The number of hydrazine groups is 1. The monoisotopic (exact) mass is 398 g/mol. The molecule has 0 aliphatic heterocycles. The molecule has 1 unspecified atom stereocenters. The molecule has 0 radical (unpaired) electrons. The van der Waals surface area contributed by atoms with Gasteiger partial charge in [-0.1, -0.05) is 54.1 Å². The van der Waals surface area contributed by atoms with Gasteiger partial charge in [0.2, 0.25) is 0 Å². The van der Waals surface area contributed by atoms with Gasteiger partial charge < -0.3 is 9.47 Å². The van der Waals surface area contributed by atoms with Crippen molar-refractivity contribution in [2.45, 2.75) is 13.0 Å². The van der Waals surface area contributed by atoms with Crippen LogP contribution in [0, 0.1) is 0 Å². The highest BCUT2D eigenvalue weighted by molar-refractivity contribution is 6.32. The van der Waals surface area contributed by atoms with E-state index in [-0.39, 0.29) is 6.61 Å². The number of rotatable bonds is 6. The van der Waals surface area contributed by atoms with Gasteiger partial charge in [0.25, 0.3) is 11.8 Å². The first kappa shape index (κ1) is 19.5. The summed E-state index contributed by atoms with van der Waals surface area (Å²) in [5.41, 5.74) is 4.60. The Balaban J connectivity index is 1.45. The van der Waals surface area contributed by atoms with E-state index in [2.05, 4.69) is 10.9 Å². The zero-order chi connectivity index (χ0) is 19.9. The van der Waals surface area contributed by atoms with Crippen molar-refractivity contribution >= 4 is 34.2 Å². The molecule has 7 heteroatoms. The fraction of sp³-hybridized carbons (Fsp3) is 0.143. The average molecular weight is 399 g/mol. The van der Waals surface area contributed by atoms with E-state index < -0.39 is 17.9 Å². The van der Waals surface area contributed by atoms with Crippen LogP contribution in [-0.4, -0.2) is 24.5 Å². The van der Waals surface area contributed by atoms with E-state index in [0.717, 1.165) is 10.8 Å². The summed E-state index contributed by atoms with van der Waals surface area (Å²) >= 11 is 5.99. The number of hydrogen-bond donors (Lipinski definition) is 2. The number of halogens is 1. The summed E-state index contributed by atoms with van der Waals surface area (Å²) in [7, 11) is 0. The van der Waals surface area contributed by atoms with Crippen molar-refractivity contribution < 1.29 is 19.1 Å². The van der Waals surface area contributed by atoms with Gasteiger partial charge >= 0.3 is 0 Å². The number of carbonyl (C=O) groups is 2. The van der Waals surface area contributed by atoms with Crippen molar-refractivity contribution in [3.63, 3.8) is 0 Å². The third kappa shape index (κ3) is 5.14. The molecule has 0 saturated heterocycles. The van der Waals surface area contributed by atoms with Crippen molar-refractivity contribution in [2.75, 3.05) is 6.61 Å². The highest BCUT2D eigenvalue weighted by Gasteiger charge is 2.16. The highest BCUT2D eigenvalue weighted by atomic mass is 35.5. The fourth-order valence-electron chi connectivity index (χ4n) is 2.46. The zero-order valence-electron chi connectivity index (χ0n) is 15.1. The number of benzene rings is 3. The second-order valence-corrected chi connectivity index (χ2v) is 6.43. The molecule has 0 aromatic heterocycles. The minimum atomic E-state index is -0.846. The summed E-state index contributed by atoms with van der Waals surface area (Å²) in [6.07, 6.45) is -0.846. The third-order valence-corrected chi connectivity index (χ3v) is 4.24. The van der Waals surface area contributed by atoms with E-state index in [1.54, 1.807) is 37.3 Å². The van der Waals surface area contributed by atoms with Crippen molar-refractivity contribution in [2.24, 2.45) is 0 Å². The number of nitrogens with one attached hydrogen (secondary N) is 2. The summed E-state index contributed by atoms with van der Waals surface area (Å²) in [6.45, 7) is 1.31. The van der Waals surface area contributed by atoms with Gasteiger partial charge in [0.1, 0.15) is 11.5 Å². The van der Waals surface area contributed by atoms with E-state index in [0.29, 0.717) is 16.5 Å². The van der Waals surface area contributed by atoms with Crippen LogP contribution >= 0.6 is 11.6 Å². The maximum Gasteiger partial charge on any atom is 0.279 e. The van der Waals surface area contributed by atoms with E-state index in [1.807, 2.05) is 36.4 Å².